The first-order valence-corrected chi connectivity index (χ1v) is 13.9. The third-order valence-corrected chi connectivity index (χ3v) is 9.07. The summed E-state index contributed by atoms with van der Waals surface area (Å²) in [6.07, 6.45) is -4.47. The molecule has 0 unspecified atom stereocenters. The van der Waals surface area contributed by atoms with Crippen LogP contribution >= 0.6 is 10.5 Å². The quantitative estimate of drug-likeness (QED) is 0.143. The van der Waals surface area contributed by atoms with Crippen molar-refractivity contribution in [3.8, 4) is 10.6 Å². The second-order valence-corrected chi connectivity index (χ2v) is 11.7. The van der Waals surface area contributed by atoms with E-state index in [4.69, 9.17) is 14.2 Å². The van der Waals surface area contributed by atoms with Crippen molar-refractivity contribution in [1.29, 1.82) is 0 Å². The van der Waals surface area contributed by atoms with Gasteiger partial charge in [0, 0.05) is 27.3 Å². The molecule has 4 aromatic carbocycles. The van der Waals surface area contributed by atoms with Gasteiger partial charge in [-0.05, 0) is 67.9 Å². The summed E-state index contributed by atoms with van der Waals surface area (Å²) < 4.78 is 57.3. The van der Waals surface area contributed by atoms with Gasteiger partial charge in [0.05, 0.1) is 18.2 Å². The Kier molecular flexibility index (Phi) is 7.48. The van der Waals surface area contributed by atoms with E-state index >= 15 is 0 Å². The maximum absolute atomic E-state index is 13.0. The van der Waals surface area contributed by atoms with E-state index in [2.05, 4.69) is 24.3 Å². The smallest absolute Gasteiger partial charge is 0.416 e. The number of carbonyl (C=O) groups excluding carboxylic acids is 2. The predicted octanol–water partition coefficient (Wildman–Crippen LogP) is 8.39. The topological polar surface area (TPSA) is 61.8 Å². The second kappa shape index (κ2) is 10.9. The average molecular weight is 580 g/mol. The third-order valence-electron chi connectivity index (χ3n) is 6.72. The molecule has 0 aliphatic heterocycles. The lowest BCUT2D eigenvalue weighted by Crippen LogP contribution is -2.28. The molecule has 9 heteroatoms. The predicted molar refractivity (Wildman–Crippen MR) is 153 cm³/mol. The lowest BCUT2D eigenvalue weighted by atomic mass is 9.97. The van der Waals surface area contributed by atoms with E-state index < -0.39 is 46.4 Å². The molecule has 0 aliphatic rings. The van der Waals surface area contributed by atoms with Gasteiger partial charge >= 0.3 is 18.1 Å². The molecular formula is C32H26F3O5S+. The Bertz CT molecular complexity index is 1700. The first kappa shape index (κ1) is 28.2. The zero-order chi connectivity index (χ0) is 29.4. The molecule has 0 radical (unpaired) electrons. The Balaban J connectivity index is 1.35. The lowest BCUT2D eigenvalue weighted by molar-refractivity contribution is -0.161. The fourth-order valence-electron chi connectivity index (χ4n) is 4.69. The molecule has 210 valence electrons. The highest BCUT2D eigenvalue weighted by Gasteiger charge is 2.32. The van der Waals surface area contributed by atoms with Crippen LogP contribution in [0.4, 0.5) is 13.2 Å². The molecule has 5 aromatic rings. The van der Waals surface area contributed by atoms with Crippen molar-refractivity contribution in [2.75, 3.05) is 13.7 Å². The van der Waals surface area contributed by atoms with Crippen LogP contribution in [0.5, 0.6) is 5.75 Å². The standard InChI is InChI=1S/C32H26F3O5S/c1-31(2,21-13-15-22(16-14-21)32(33,34)35)40-29(36)19-39-30(37)20-12-17-25(38-3)28(18-20)41-26-10-6-4-8-23(26)24-9-5-7-11-27(24)41/h4-18H,19H2,1-3H3/q+1. The number of halogens is 3. The molecule has 0 amide bonds. The molecule has 5 rings (SSSR count). The summed E-state index contributed by atoms with van der Waals surface area (Å²) in [5.74, 6) is -0.936. The molecule has 41 heavy (non-hydrogen) atoms. The van der Waals surface area contributed by atoms with Crippen LogP contribution in [0.3, 0.4) is 0 Å². The van der Waals surface area contributed by atoms with Crippen LogP contribution in [0.2, 0.25) is 0 Å². The number of carbonyl (C=O) groups is 2. The number of ether oxygens (including phenoxy) is 3. The van der Waals surface area contributed by atoms with Gasteiger partial charge < -0.3 is 14.2 Å². The van der Waals surface area contributed by atoms with Crippen LogP contribution in [0.1, 0.15) is 35.3 Å². The van der Waals surface area contributed by atoms with Crippen molar-refractivity contribution in [1.82, 2.24) is 0 Å². The molecule has 0 bridgehead atoms. The van der Waals surface area contributed by atoms with Gasteiger partial charge in [-0.15, -0.1) is 0 Å². The summed E-state index contributed by atoms with van der Waals surface area (Å²) in [7, 11) is 1.04. The number of rotatable bonds is 7. The summed E-state index contributed by atoms with van der Waals surface area (Å²) in [6, 6.07) is 25.6. The molecule has 0 saturated heterocycles. The Morgan fingerprint density at radius 3 is 1.90 bits per heavy atom. The first-order valence-electron chi connectivity index (χ1n) is 12.7. The summed E-state index contributed by atoms with van der Waals surface area (Å²) in [5.41, 5.74) is -1.44. The Hall–Kier alpha value is -4.37. The van der Waals surface area contributed by atoms with Crippen LogP contribution < -0.4 is 4.74 Å². The van der Waals surface area contributed by atoms with Gasteiger partial charge in [-0.3, -0.25) is 0 Å². The zero-order valence-electron chi connectivity index (χ0n) is 22.5. The van der Waals surface area contributed by atoms with E-state index in [1.165, 1.54) is 12.1 Å². The number of thiophene rings is 1. The van der Waals surface area contributed by atoms with E-state index in [-0.39, 0.29) is 5.56 Å². The number of methoxy groups -OCH3 is 1. The number of esters is 2. The normalized spacial score (nSPS) is 12.0. The van der Waals surface area contributed by atoms with Gasteiger partial charge in [-0.1, -0.05) is 36.4 Å². The fourth-order valence-corrected chi connectivity index (χ4v) is 7.23. The van der Waals surface area contributed by atoms with Gasteiger partial charge in [0.15, 0.2) is 21.8 Å². The van der Waals surface area contributed by atoms with Crippen LogP contribution in [-0.4, -0.2) is 25.7 Å². The second-order valence-electron chi connectivity index (χ2n) is 9.80. The highest BCUT2D eigenvalue weighted by molar-refractivity contribution is 7.50. The highest BCUT2D eigenvalue weighted by Crippen LogP contribution is 2.51. The molecule has 5 nitrogen and oxygen atoms in total. The lowest BCUT2D eigenvalue weighted by Gasteiger charge is -2.26. The molecule has 0 spiro atoms. The summed E-state index contributed by atoms with van der Waals surface area (Å²) >= 11 is 0. The largest absolute Gasteiger partial charge is 0.491 e. The molecule has 0 saturated carbocycles. The molecule has 1 heterocycles. The average Bonchev–Trinajstić information content (AvgIpc) is 3.29. The van der Waals surface area contributed by atoms with E-state index in [0.29, 0.717) is 11.3 Å². The van der Waals surface area contributed by atoms with Crippen molar-refractivity contribution >= 4 is 42.6 Å². The molecule has 0 aliphatic carbocycles. The van der Waals surface area contributed by atoms with Crippen molar-refractivity contribution < 1.29 is 37.0 Å². The molecule has 0 N–H and O–H groups in total. The maximum atomic E-state index is 13.0. The van der Waals surface area contributed by atoms with Crippen molar-refractivity contribution in [3.63, 3.8) is 0 Å². The SMILES string of the molecule is COc1ccc(C(=O)OCC(=O)OC(C)(C)c2ccc(C(F)(F)F)cc2)cc1-[s+]1c2ccccc2c2ccccc21. The minimum absolute atomic E-state index is 0.241. The molecule has 1 aromatic heterocycles. The van der Waals surface area contributed by atoms with Crippen molar-refractivity contribution in [2.24, 2.45) is 0 Å². The fraction of sp³-hybridized carbons (Fsp3) is 0.188. The molecule has 0 fully saturated rings. The number of benzene rings is 4. The van der Waals surface area contributed by atoms with Crippen molar-refractivity contribution in [2.45, 2.75) is 25.6 Å². The third kappa shape index (κ3) is 5.63. The Morgan fingerprint density at radius 2 is 1.34 bits per heavy atom. The maximum Gasteiger partial charge on any atom is 0.416 e. The van der Waals surface area contributed by atoms with Gasteiger partial charge in [0.25, 0.3) is 0 Å². The minimum Gasteiger partial charge on any atom is -0.491 e. The zero-order valence-corrected chi connectivity index (χ0v) is 23.3. The van der Waals surface area contributed by atoms with Crippen LogP contribution in [0.25, 0.3) is 25.1 Å². The summed E-state index contributed by atoms with van der Waals surface area (Å²) in [6.45, 7) is 2.42. The Labute approximate surface area is 237 Å². The van der Waals surface area contributed by atoms with Gasteiger partial charge in [-0.25, -0.2) is 9.59 Å². The van der Waals surface area contributed by atoms with E-state index in [1.54, 1.807) is 39.2 Å². The first-order chi connectivity index (χ1) is 19.5. The van der Waals surface area contributed by atoms with Gasteiger partial charge in [0.2, 0.25) is 4.90 Å². The number of hydrogen-bond acceptors (Lipinski definition) is 5. The minimum atomic E-state index is -4.47. The van der Waals surface area contributed by atoms with Crippen LogP contribution in [0.15, 0.2) is 91.0 Å². The monoisotopic (exact) mass is 579 g/mol. The van der Waals surface area contributed by atoms with Crippen molar-refractivity contribution in [3.05, 3.63) is 108 Å². The van der Waals surface area contributed by atoms with E-state index in [1.807, 2.05) is 24.3 Å². The van der Waals surface area contributed by atoms with Gasteiger partial charge in [-0.2, -0.15) is 13.2 Å². The summed E-state index contributed by atoms with van der Waals surface area (Å²) in [4.78, 5) is 26.4. The van der Waals surface area contributed by atoms with E-state index in [9.17, 15) is 22.8 Å². The van der Waals surface area contributed by atoms with Gasteiger partial charge in [0.1, 0.15) is 5.60 Å². The number of fused-ring (bicyclic) bond motifs is 3. The molecule has 0 atom stereocenters. The van der Waals surface area contributed by atoms with E-state index in [0.717, 1.165) is 37.2 Å². The number of hydrogen-bond donors (Lipinski definition) is 0. The Morgan fingerprint density at radius 1 is 0.780 bits per heavy atom. The molecular weight excluding hydrogens is 553 g/mol. The highest BCUT2D eigenvalue weighted by atomic mass is 32.2. The van der Waals surface area contributed by atoms with Crippen LogP contribution in [-0.2, 0) is 26.0 Å². The summed E-state index contributed by atoms with van der Waals surface area (Å²) in [5, 5.41) is 2.25. The van der Waals surface area contributed by atoms with Crippen LogP contribution in [0, 0.1) is 0 Å². The number of alkyl halides is 3.